The van der Waals surface area contributed by atoms with E-state index in [4.69, 9.17) is 4.98 Å². The molecule has 37 heavy (non-hydrogen) atoms. The number of carbonyl (C=O) groups excluding carboxylic acids is 2. The van der Waals surface area contributed by atoms with Crippen molar-refractivity contribution < 1.29 is 18.0 Å². The molecular weight excluding hydrogens is 508 g/mol. The summed E-state index contributed by atoms with van der Waals surface area (Å²) in [4.78, 5) is 35.3. The van der Waals surface area contributed by atoms with E-state index in [1.54, 1.807) is 24.3 Å². The molecule has 0 saturated carbocycles. The molecule has 4 heterocycles. The van der Waals surface area contributed by atoms with Crippen molar-refractivity contribution in [2.24, 2.45) is 0 Å². The molecule has 194 valence electrons. The number of ketones is 1. The van der Waals surface area contributed by atoms with Crippen molar-refractivity contribution in [2.75, 3.05) is 47.5 Å². The first kappa shape index (κ1) is 25.4. The highest BCUT2D eigenvalue weighted by Gasteiger charge is 2.31. The molecule has 1 aromatic carbocycles. The van der Waals surface area contributed by atoms with Gasteiger partial charge in [0.2, 0.25) is 0 Å². The van der Waals surface area contributed by atoms with Gasteiger partial charge in [-0.05, 0) is 73.7 Å². The summed E-state index contributed by atoms with van der Waals surface area (Å²) in [5.41, 5.74) is 4.19. The first-order valence-electron chi connectivity index (χ1n) is 12.4. The Morgan fingerprint density at radius 2 is 1.73 bits per heavy atom. The molecule has 3 aromatic rings. The molecule has 1 amide bonds. The Bertz CT molecular complexity index is 1420. The van der Waals surface area contributed by atoms with Gasteiger partial charge in [0.25, 0.3) is 5.91 Å². The number of nitrogens with zero attached hydrogens (tertiary/aromatic N) is 3. The molecule has 0 bridgehead atoms. The molecule has 2 aliphatic rings. The maximum atomic E-state index is 13.3. The SMILES string of the molecule is CC(=O)c1ccc(N2CCN(c3nc(-c4cc(C)cs4)ccc3C(=O)NC3CCS(=O)(=O)C3)CC2)cc1. The molecule has 2 aliphatic heterocycles. The second-order valence-corrected chi connectivity index (χ2v) is 12.8. The van der Waals surface area contributed by atoms with Gasteiger partial charge in [0.15, 0.2) is 15.6 Å². The van der Waals surface area contributed by atoms with Crippen molar-refractivity contribution in [3.63, 3.8) is 0 Å². The zero-order valence-corrected chi connectivity index (χ0v) is 22.6. The van der Waals surface area contributed by atoms with Crippen LogP contribution in [0.25, 0.3) is 10.6 Å². The first-order valence-corrected chi connectivity index (χ1v) is 15.1. The Hall–Kier alpha value is -3.24. The third-order valence-electron chi connectivity index (χ3n) is 6.89. The van der Waals surface area contributed by atoms with Crippen LogP contribution in [0.5, 0.6) is 0 Å². The van der Waals surface area contributed by atoms with E-state index < -0.39 is 9.84 Å². The Labute approximate surface area is 221 Å². The van der Waals surface area contributed by atoms with Crippen LogP contribution in [0.15, 0.2) is 47.8 Å². The maximum absolute atomic E-state index is 13.3. The Morgan fingerprint density at radius 3 is 2.32 bits per heavy atom. The van der Waals surface area contributed by atoms with Gasteiger partial charge in [-0.15, -0.1) is 11.3 Å². The number of benzene rings is 1. The fraction of sp³-hybridized carbons (Fsp3) is 0.370. The summed E-state index contributed by atoms with van der Waals surface area (Å²) in [5.74, 6) is 0.461. The number of pyridine rings is 1. The van der Waals surface area contributed by atoms with Gasteiger partial charge < -0.3 is 15.1 Å². The molecule has 1 N–H and O–H groups in total. The number of nitrogens with one attached hydrogen (secondary N) is 1. The van der Waals surface area contributed by atoms with Crippen LogP contribution >= 0.6 is 11.3 Å². The molecule has 0 spiro atoms. The van der Waals surface area contributed by atoms with Crippen LogP contribution in [0, 0.1) is 6.92 Å². The van der Waals surface area contributed by atoms with Crippen LogP contribution < -0.4 is 15.1 Å². The number of aromatic nitrogens is 1. The summed E-state index contributed by atoms with van der Waals surface area (Å²) >= 11 is 1.62. The number of hydrogen-bond acceptors (Lipinski definition) is 8. The standard InChI is InChI=1S/C27H30N4O4S2/c1-18-15-25(36-16-18)24-8-7-23(27(33)28-21-9-14-37(34,35)17-21)26(29-24)31-12-10-30(11-13-31)22-5-3-20(4-6-22)19(2)32/h3-8,15-16,21H,9-14,17H2,1-2H3,(H,28,33). The van der Waals surface area contributed by atoms with E-state index in [2.05, 4.69) is 26.6 Å². The van der Waals surface area contributed by atoms with Crippen LogP contribution in [-0.4, -0.2) is 68.8 Å². The van der Waals surface area contributed by atoms with E-state index in [9.17, 15) is 18.0 Å². The van der Waals surface area contributed by atoms with Gasteiger partial charge in [0, 0.05) is 43.5 Å². The van der Waals surface area contributed by atoms with Gasteiger partial charge in [-0.2, -0.15) is 0 Å². The second kappa shape index (κ2) is 10.3. The Kier molecular flexibility index (Phi) is 7.04. The lowest BCUT2D eigenvalue weighted by Crippen LogP contribution is -2.47. The Balaban J connectivity index is 1.38. The van der Waals surface area contributed by atoms with Crippen LogP contribution in [0.4, 0.5) is 11.5 Å². The lowest BCUT2D eigenvalue weighted by molar-refractivity contribution is 0.0940. The molecule has 1 atom stereocenters. The smallest absolute Gasteiger partial charge is 0.255 e. The molecule has 0 radical (unpaired) electrons. The summed E-state index contributed by atoms with van der Waals surface area (Å²) in [6.45, 7) is 6.43. The van der Waals surface area contributed by atoms with Gasteiger partial charge >= 0.3 is 0 Å². The number of carbonyl (C=O) groups is 2. The van der Waals surface area contributed by atoms with Crippen LogP contribution in [0.1, 0.15) is 39.6 Å². The van der Waals surface area contributed by atoms with E-state index in [1.165, 1.54) is 0 Å². The zero-order valence-electron chi connectivity index (χ0n) is 20.9. The number of Topliss-reactive ketones (excluding diaryl/α,β-unsaturated/α-hetero) is 1. The van der Waals surface area contributed by atoms with Gasteiger partial charge in [-0.1, -0.05) is 0 Å². The van der Waals surface area contributed by atoms with Crippen molar-refractivity contribution in [1.29, 1.82) is 0 Å². The number of piperazine rings is 1. The third-order valence-corrected chi connectivity index (χ3v) is 9.73. The molecule has 2 saturated heterocycles. The van der Waals surface area contributed by atoms with Crippen molar-refractivity contribution in [3.8, 4) is 10.6 Å². The molecule has 5 rings (SSSR count). The van der Waals surface area contributed by atoms with Crippen LogP contribution in [0.2, 0.25) is 0 Å². The highest BCUT2D eigenvalue weighted by atomic mass is 32.2. The van der Waals surface area contributed by atoms with E-state index in [0.717, 1.165) is 34.9 Å². The summed E-state index contributed by atoms with van der Waals surface area (Å²) < 4.78 is 23.8. The number of rotatable bonds is 6. The van der Waals surface area contributed by atoms with Crippen LogP contribution in [0.3, 0.4) is 0 Å². The van der Waals surface area contributed by atoms with E-state index >= 15 is 0 Å². The fourth-order valence-electron chi connectivity index (χ4n) is 4.82. The largest absolute Gasteiger partial charge is 0.368 e. The number of anilines is 2. The molecule has 0 aliphatic carbocycles. The lowest BCUT2D eigenvalue weighted by Gasteiger charge is -2.37. The maximum Gasteiger partial charge on any atom is 0.255 e. The molecule has 8 nitrogen and oxygen atoms in total. The second-order valence-electron chi connectivity index (χ2n) is 9.71. The van der Waals surface area contributed by atoms with Crippen molar-refractivity contribution in [3.05, 3.63) is 64.5 Å². The predicted octanol–water partition coefficient (Wildman–Crippen LogP) is 3.56. The molecule has 2 aromatic heterocycles. The Morgan fingerprint density at radius 1 is 1.03 bits per heavy atom. The predicted molar refractivity (Wildman–Crippen MR) is 148 cm³/mol. The summed E-state index contributed by atoms with van der Waals surface area (Å²) in [7, 11) is -3.10. The minimum absolute atomic E-state index is 0.0187. The van der Waals surface area contributed by atoms with Crippen molar-refractivity contribution >= 4 is 44.4 Å². The lowest BCUT2D eigenvalue weighted by atomic mass is 10.1. The van der Waals surface area contributed by atoms with Crippen molar-refractivity contribution in [1.82, 2.24) is 10.3 Å². The van der Waals surface area contributed by atoms with Gasteiger partial charge in [-0.25, -0.2) is 13.4 Å². The molecule has 1 unspecified atom stereocenters. The summed E-state index contributed by atoms with van der Waals surface area (Å²) in [5, 5.41) is 5.00. The third kappa shape index (κ3) is 5.70. The van der Waals surface area contributed by atoms with E-state index in [-0.39, 0.29) is 29.2 Å². The van der Waals surface area contributed by atoms with E-state index in [0.29, 0.717) is 36.5 Å². The van der Waals surface area contributed by atoms with E-state index in [1.807, 2.05) is 37.3 Å². The monoisotopic (exact) mass is 538 g/mol. The normalized spacial score (nSPS) is 19.1. The van der Waals surface area contributed by atoms with Gasteiger partial charge in [-0.3, -0.25) is 9.59 Å². The summed E-state index contributed by atoms with van der Waals surface area (Å²) in [6, 6.07) is 13.0. The molecule has 10 heteroatoms. The summed E-state index contributed by atoms with van der Waals surface area (Å²) in [6.07, 6.45) is 0.435. The fourth-order valence-corrected chi connectivity index (χ4v) is 7.37. The van der Waals surface area contributed by atoms with Crippen molar-refractivity contribution in [2.45, 2.75) is 26.3 Å². The molecule has 2 fully saturated rings. The van der Waals surface area contributed by atoms with Crippen LogP contribution in [-0.2, 0) is 9.84 Å². The average Bonchev–Trinajstić information content (AvgIpc) is 3.48. The number of sulfone groups is 1. The highest BCUT2D eigenvalue weighted by molar-refractivity contribution is 7.91. The highest BCUT2D eigenvalue weighted by Crippen LogP contribution is 2.30. The van der Waals surface area contributed by atoms with Gasteiger partial charge in [0.1, 0.15) is 5.82 Å². The minimum Gasteiger partial charge on any atom is -0.368 e. The quantitative estimate of drug-likeness (QED) is 0.479. The average molecular weight is 539 g/mol. The minimum atomic E-state index is -3.10. The number of thiophene rings is 1. The topological polar surface area (TPSA) is 99.7 Å². The first-order chi connectivity index (χ1) is 17.7. The van der Waals surface area contributed by atoms with Gasteiger partial charge in [0.05, 0.1) is 27.6 Å². The number of amides is 1. The number of aryl methyl sites for hydroxylation is 1. The zero-order chi connectivity index (χ0) is 26.2. The number of hydrogen-bond donors (Lipinski definition) is 1. The molecular formula is C27H30N4O4S2.